The minimum atomic E-state index is -1.12. The molecule has 1 aliphatic heterocycles. The van der Waals surface area contributed by atoms with Gasteiger partial charge in [-0.25, -0.2) is 14.6 Å². The summed E-state index contributed by atoms with van der Waals surface area (Å²) in [6, 6.07) is 15.5. The molecule has 1 aromatic heterocycles. The molecule has 0 saturated carbocycles. The van der Waals surface area contributed by atoms with Crippen molar-refractivity contribution in [2.75, 3.05) is 18.5 Å². The second kappa shape index (κ2) is 9.24. The van der Waals surface area contributed by atoms with E-state index in [-0.39, 0.29) is 29.1 Å². The third-order valence-electron chi connectivity index (χ3n) is 5.93. The summed E-state index contributed by atoms with van der Waals surface area (Å²) in [4.78, 5) is 40.4. The first-order valence-corrected chi connectivity index (χ1v) is 11.6. The van der Waals surface area contributed by atoms with E-state index < -0.39 is 30.1 Å². The summed E-state index contributed by atoms with van der Waals surface area (Å²) in [6.07, 6.45) is -0.00888. The van der Waals surface area contributed by atoms with Crippen molar-refractivity contribution in [2.24, 2.45) is 0 Å². The fraction of sp³-hybridized carbons (Fsp3) is 0.250. The maximum atomic E-state index is 12.5. The number of ether oxygens (including phenoxy) is 2. The van der Waals surface area contributed by atoms with Crippen molar-refractivity contribution < 1.29 is 29.0 Å². The number of amides is 2. The number of nitrogens with zero attached hydrogens (tertiary/aromatic N) is 1. The Hall–Kier alpha value is -3.76. The average molecular weight is 480 g/mol. The van der Waals surface area contributed by atoms with Crippen molar-refractivity contribution in [1.82, 2.24) is 10.3 Å². The lowest BCUT2D eigenvalue weighted by molar-refractivity contribution is -0.148. The van der Waals surface area contributed by atoms with E-state index in [1.165, 1.54) is 6.20 Å². The largest absolute Gasteiger partial charge is 0.479 e. The fourth-order valence-electron chi connectivity index (χ4n) is 4.38. The molecule has 2 aliphatic rings. The van der Waals surface area contributed by atoms with Gasteiger partial charge in [0.2, 0.25) is 0 Å². The van der Waals surface area contributed by atoms with E-state index in [4.69, 9.17) is 14.6 Å². The van der Waals surface area contributed by atoms with Gasteiger partial charge in [-0.1, -0.05) is 59.9 Å². The third-order valence-corrected chi connectivity index (χ3v) is 6.85. The maximum Gasteiger partial charge on any atom is 0.413 e. The van der Waals surface area contributed by atoms with Crippen LogP contribution in [0.2, 0.25) is 0 Å². The number of thiazole rings is 1. The van der Waals surface area contributed by atoms with E-state index in [1.807, 2.05) is 36.4 Å². The number of benzene rings is 2. The lowest BCUT2D eigenvalue weighted by atomic mass is 9.98. The lowest BCUT2D eigenvalue weighted by Gasteiger charge is -2.15. The molecule has 10 heteroatoms. The maximum absolute atomic E-state index is 12.5. The number of hydrogen-bond donors (Lipinski definition) is 3. The van der Waals surface area contributed by atoms with Crippen LogP contribution in [0.1, 0.15) is 33.1 Å². The molecule has 3 N–H and O–H groups in total. The number of hydrogen-bond acceptors (Lipinski definition) is 7. The molecule has 0 bridgehead atoms. The first-order valence-electron chi connectivity index (χ1n) is 10.7. The summed E-state index contributed by atoms with van der Waals surface area (Å²) >= 11 is 0.974. The van der Waals surface area contributed by atoms with Crippen LogP contribution in [0.25, 0.3) is 11.1 Å². The Labute approximate surface area is 198 Å². The summed E-state index contributed by atoms with van der Waals surface area (Å²) in [5.41, 5.74) is 4.50. The lowest BCUT2D eigenvalue weighted by Crippen LogP contribution is -2.43. The van der Waals surface area contributed by atoms with Gasteiger partial charge >= 0.3 is 12.1 Å². The zero-order chi connectivity index (χ0) is 23.7. The number of carbonyl (C=O) groups is 3. The molecule has 2 atom stereocenters. The second-order valence-corrected chi connectivity index (χ2v) is 9.01. The number of fused-ring (bicyclic) bond motifs is 3. The molecule has 2 heterocycles. The Bertz CT molecular complexity index is 1210. The van der Waals surface area contributed by atoms with E-state index in [2.05, 4.69) is 27.8 Å². The number of carboxylic acid groups (broad SMARTS) is 1. The highest BCUT2D eigenvalue weighted by atomic mass is 32.1. The number of carbonyl (C=O) groups excluding carboxylic acids is 2. The van der Waals surface area contributed by atoms with Crippen LogP contribution in [0.15, 0.2) is 54.7 Å². The van der Waals surface area contributed by atoms with Gasteiger partial charge < -0.3 is 19.9 Å². The van der Waals surface area contributed by atoms with Crippen molar-refractivity contribution in [2.45, 2.75) is 24.5 Å². The summed E-state index contributed by atoms with van der Waals surface area (Å²) in [5.74, 6) is -1.66. The Morgan fingerprint density at radius 3 is 2.44 bits per heavy atom. The van der Waals surface area contributed by atoms with Crippen LogP contribution < -0.4 is 10.6 Å². The predicted molar refractivity (Wildman–Crippen MR) is 124 cm³/mol. The van der Waals surface area contributed by atoms with Crippen LogP contribution in [-0.4, -0.2) is 53.4 Å². The molecule has 3 aromatic rings. The highest BCUT2D eigenvalue weighted by Gasteiger charge is 2.35. The highest BCUT2D eigenvalue weighted by Crippen LogP contribution is 2.44. The Balaban J connectivity index is 1.19. The van der Waals surface area contributed by atoms with Crippen LogP contribution >= 0.6 is 11.3 Å². The van der Waals surface area contributed by atoms with Gasteiger partial charge in [0.15, 0.2) is 11.2 Å². The minimum absolute atomic E-state index is 0.0633. The SMILES string of the molecule is O=C(Nc1ncc(C(=O)N[C@@H]2CCO[C@@H]2C(=O)O)s1)OCC1c2ccccc2-c2ccccc21. The van der Waals surface area contributed by atoms with Crippen LogP contribution in [0.5, 0.6) is 0 Å². The van der Waals surface area contributed by atoms with Crippen molar-refractivity contribution in [3.8, 4) is 11.1 Å². The van der Waals surface area contributed by atoms with E-state index in [1.54, 1.807) is 0 Å². The molecule has 2 amide bonds. The molecular weight excluding hydrogens is 458 g/mol. The third kappa shape index (κ3) is 4.25. The van der Waals surface area contributed by atoms with Gasteiger partial charge in [-0.15, -0.1) is 0 Å². The van der Waals surface area contributed by atoms with Crippen molar-refractivity contribution in [3.63, 3.8) is 0 Å². The Morgan fingerprint density at radius 1 is 1.09 bits per heavy atom. The molecular formula is C24H21N3O6S. The van der Waals surface area contributed by atoms with E-state index in [9.17, 15) is 14.4 Å². The van der Waals surface area contributed by atoms with Gasteiger partial charge in [0.25, 0.3) is 5.91 Å². The summed E-state index contributed by atoms with van der Waals surface area (Å²) < 4.78 is 10.6. The normalized spacial score (nSPS) is 18.7. The molecule has 5 rings (SSSR count). The van der Waals surface area contributed by atoms with E-state index >= 15 is 0 Å². The molecule has 1 aliphatic carbocycles. The van der Waals surface area contributed by atoms with Gasteiger partial charge in [-0.2, -0.15) is 0 Å². The van der Waals surface area contributed by atoms with Gasteiger partial charge in [0.05, 0.1) is 12.2 Å². The number of aromatic nitrogens is 1. The molecule has 1 saturated heterocycles. The van der Waals surface area contributed by atoms with Crippen molar-refractivity contribution in [1.29, 1.82) is 0 Å². The zero-order valence-corrected chi connectivity index (χ0v) is 18.7. The average Bonchev–Trinajstić information content (AvgIpc) is 3.56. The summed E-state index contributed by atoms with van der Waals surface area (Å²) in [5, 5.41) is 14.6. The predicted octanol–water partition coefficient (Wildman–Crippen LogP) is 3.48. The van der Waals surface area contributed by atoms with Crippen LogP contribution in [0, 0.1) is 0 Å². The summed E-state index contributed by atoms with van der Waals surface area (Å²) in [7, 11) is 0. The van der Waals surface area contributed by atoms with E-state index in [0.717, 1.165) is 33.6 Å². The molecule has 34 heavy (non-hydrogen) atoms. The van der Waals surface area contributed by atoms with Crippen LogP contribution in [-0.2, 0) is 14.3 Å². The number of aliphatic carboxylic acids is 1. The highest BCUT2D eigenvalue weighted by molar-refractivity contribution is 7.17. The van der Waals surface area contributed by atoms with Crippen LogP contribution in [0.4, 0.5) is 9.93 Å². The van der Waals surface area contributed by atoms with Gasteiger partial charge in [0.1, 0.15) is 11.5 Å². The Kier molecular flexibility index (Phi) is 5.99. The molecule has 174 valence electrons. The van der Waals surface area contributed by atoms with Crippen LogP contribution in [0.3, 0.4) is 0 Å². The molecule has 0 spiro atoms. The number of nitrogens with one attached hydrogen (secondary N) is 2. The summed E-state index contributed by atoms with van der Waals surface area (Å²) in [6.45, 7) is 0.427. The molecule has 0 unspecified atom stereocenters. The monoisotopic (exact) mass is 479 g/mol. The van der Waals surface area contributed by atoms with Gasteiger partial charge in [-0.05, 0) is 28.7 Å². The van der Waals surface area contributed by atoms with Gasteiger partial charge in [-0.3, -0.25) is 10.1 Å². The fourth-order valence-corrected chi connectivity index (χ4v) is 5.08. The quantitative estimate of drug-likeness (QED) is 0.494. The smallest absolute Gasteiger partial charge is 0.413 e. The topological polar surface area (TPSA) is 127 Å². The Morgan fingerprint density at radius 2 is 1.76 bits per heavy atom. The van der Waals surface area contributed by atoms with E-state index in [0.29, 0.717) is 6.42 Å². The number of rotatable bonds is 6. The molecule has 9 nitrogen and oxygen atoms in total. The van der Waals surface area contributed by atoms with Crippen molar-refractivity contribution >= 4 is 34.4 Å². The van der Waals surface area contributed by atoms with Crippen molar-refractivity contribution in [3.05, 3.63) is 70.7 Å². The zero-order valence-electron chi connectivity index (χ0n) is 17.9. The first kappa shape index (κ1) is 22.1. The molecule has 2 aromatic carbocycles. The number of carboxylic acids is 1. The first-order chi connectivity index (χ1) is 16.5. The number of anilines is 1. The second-order valence-electron chi connectivity index (χ2n) is 7.98. The minimum Gasteiger partial charge on any atom is -0.479 e. The van der Waals surface area contributed by atoms with Gasteiger partial charge in [0, 0.05) is 12.5 Å². The molecule has 1 fully saturated rings. The standard InChI is InChI=1S/C24H21N3O6S/c28-21(26-18-9-10-32-20(18)22(29)30)19-11-25-23(34-19)27-24(31)33-12-17-15-7-3-1-5-13(15)14-6-2-4-8-16(14)17/h1-8,11,17-18,20H,9-10,12H2,(H,26,28)(H,29,30)(H,25,27,31)/t18-,20+/m1/s1. The molecule has 0 radical (unpaired) electrons.